The number of hydrogen-bond acceptors (Lipinski definition) is 3. The molecule has 0 bridgehead atoms. The van der Waals surface area contributed by atoms with Gasteiger partial charge in [-0.1, -0.05) is 0 Å². The fourth-order valence-corrected chi connectivity index (χ4v) is 2.46. The van der Waals surface area contributed by atoms with E-state index in [4.69, 9.17) is 4.42 Å². The Morgan fingerprint density at radius 1 is 1.47 bits per heavy atom. The van der Waals surface area contributed by atoms with E-state index in [-0.39, 0.29) is 0 Å². The zero-order valence-corrected chi connectivity index (χ0v) is 12.8. The van der Waals surface area contributed by atoms with Gasteiger partial charge in [0.25, 0.3) is 0 Å². The van der Waals surface area contributed by atoms with Gasteiger partial charge in [-0.25, -0.2) is 0 Å². The highest BCUT2D eigenvalue weighted by molar-refractivity contribution is 9.10. The van der Waals surface area contributed by atoms with Crippen LogP contribution in [-0.2, 0) is 13.1 Å². The highest BCUT2D eigenvalue weighted by Crippen LogP contribution is 2.23. The molecule has 0 spiro atoms. The van der Waals surface area contributed by atoms with E-state index in [9.17, 15) is 0 Å². The Morgan fingerprint density at radius 3 is 2.89 bits per heavy atom. The Labute approximate surface area is 121 Å². The van der Waals surface area contributed by atoms with Crippen molar-refractivity contribution in [1.29, 1.82) is 0 Å². The van der Waals surface area contributed by atoms with Crippen molar-refractivity contribution in [2.75, 3.05) is 0 Å². The molecule has 0 saturated heterocycles. The minimum absolute atomic E-state index is 0.695. The van der Waals surface area contributed by atoms with Crippen LogP contribution in [-0.4, -0.2) is 15.8 Å². The molecular weight excluding hydrogens is 306 g/mol. The summed E-state index contributed by atoms with van der Waals surface area (Å²) in [6, 6.07) is 2.73. The Morgan fingerprint density at radius 2 is 2.26 bits per heavy atom. The smallest absolute Gasteiger partial charge is 0.122 e. The quantitative estimate of drug-likeness (QED) is 0.919. The number of rotatable bonds is 5. The lowest BCUT2D eigenvalue weighted by molar-refractivity contribution is 0.473. The SMILES string of the molecule is Cc1nn(Cc2ccoc2CNC2CC2)c(C)c1Br. The first kappa shape index (κ1) is 12.9. The van der Waals surface area contributed by atoms with Gasteiger partial charge in [-0.05, 0) is 48.7 Å². The third-order valence-corrected chi connectivity index (χ3v) is 4.73. The maximum absolute atomic E-state index is 5.58. The number of aromatic nitrogens is 2. The Balaban J connectivity index is 1.74. The summed E-state index contributed by atoms with van der Waals surface area (Å²) in [5, 5.41) is 8.02. The van der Waals surface area contributed by atoms with Gasteiger partial charge < -0.3 is 9.73 Å². The predicted octanol–water partition coefficient (Wildman–Crippen LogP) is 3.16. The minimum atomic E-state index is 0.695. The van der Waals surface area contributed by atoms with Crippen LogP contribution >= 0.6 is 15.9 Å². The van der Waals surface area contributed by atoms with Gasteiger partial charge in [0.2, 0.25) is 0 Å². The molecule has 1 fully saturated rings. The van der Waals surface area contributed by atoms with Gasteiger partial charge >= 0.3 is 0 Å². The van der Waals surface area contributed by atoms with Gasteiger partial charge in [0, 0.05) is 11.6 Å². The van der Waals surface area contributed by atoms with Crippen LogP contribution in [0.3, 0.4) is 0 Å². The molecule has 0 aromatic carbocycles. The summed E-state index contributed by atoms with van der Waals surface area (Å²) >= 11 is 3.56. The summed E-state index contributed by atoms with van der Waals surface area (Å²) in [6.07, 6.45) is 4.35. The van der Waals surface area contributed by atoms with E-state index in [2.05, 4.69) is 33.3 Å². The third kappa shape index (κ3) is 2.77. The second-order valence-corrected chi connectivity index (χ2v) is 5.96. The molecular formula is C14H18BrN3O. The first-order chi connectivity index (χ1) is 9.15. The average Bonchev–Trinajstić information content (AvgIpc) is 3.08. The van der Waals surface area contributed by atoms with Gasteiger partial charge in [-0.3, -0.25) is 4.68 Å². The van der Waals surface area contributed by atoms with Crippen molar-refractivity contribution in [1.82, 2.24) is 15.1 Å². The summed E-state index contributed by atoms with van der Waals surface area (Å²) in [5.74, 6) is 1.02. The lowest BCUT2D eigenvalue weighted by atomic mass is 10.2. The van der Waals surface area contributed by atoms with Crippen LogP contribution in [0.15, 0.2) is 21.2 Å². The topological polar surface area (TPSA) is 43.0 Å². The van der Waals surface area contributed by atoms with Crippen LogP contribution in [0.1, 0.15) is 35.6 Å². The van der Waals surface area contributed by atoms with Crippen LogP contribution in [0, 0.1) is 13.8 Å². The highest BCUT2D eigenvalue weighted by atomic mass is 79.9. The van der Waals surface area contributed by atoms with E-state index < -0.39 is 0 Å². The standard InChI is InChI=1S/C14H18BrN3O/c1-9-14(15)10(2)18(17-9)8-11-5-6-19-13(11)7-16-12-3-4-12/h5-6,12,16H,3-4,7-8H2,1-2H3. The monoisotopic (exact) mass is 323 g/mol. The zero-order chi connectivity index (χ0) is 13.4. The van der Waals surface area contributed by atoms with Crippen molar-refractivity contribution in [3.63, 3.8) is 0 Å². The van der Waals surface area contributed by atoms with Gasteiger partial charge in [0.1, 0.15) is 5.76 Å². The van der Waals surface area contributed by atoms with Crippen molar-refractivity contribution in [3.8, 4) is 0 Å². The van der Waals surface area contributed by atoms with Gasteiger partial charge in [0.15, 0.2) is 0 Å². The normalized spacial score (nSPS) is 15.1. The molecule has 2 heterocycles. The van der Waals surface area contributed by atoms with E-state index in [1.54, 1.807) is 6.26 Å². The van der Waals surface area contributed by atoms with Crippen molar-refractivity contribution in [3.05, 3.63) is 39.5 Å². The van der Waals surface area contributed by atoms with E-state index in [1.807, 2.05) is 17.7 Å². The summed E-state index contributed by atoms with van der Waals surface area (Å²) in [5.41, 5.74) is 3.38. The molecule has 4 nitrogen and oxygen atoms in total. The zero-order valence-electron chi connectivity index (χ0n) is 11.2. The Kier molecular flexibility index (Phi) is 3.50. The second kappa shape index (κ2) is 5.13. The maximum atomic E-state index is 5.58. The molecule has 2 aromatic heterocycles. The summed E-state index contributed by atoms with van der Waals surface area (Å²) in [6.45, 7) is 5.66. The average molecular weight is 324 g/mol. The molecule has 0 radical (unpaired) electrons. The van der Waals surface area contributed by atoms with Crippen molar-refractivity contribution < 1.29 is 4.42 Å². The molecule has 1 aliphatic rings. The van der Waals surface area contributed by atoms with Crippen LogP contribution in [0.2, 0.25) is 0 Å². The van der Waals surface area contributed by atoms with Crippen LogP contribution in [0.5, 0.6) is 0 Å². The molecule has 5 heteroatoms. The first-order valence-electron chi connectivity index (χ1n) is 6.63. The summed E-state index contributed by atoms with van der Waals surface area (Å²) < 4.78 is 8.69. The minimum Gasteiger partial charge on any atom is -0.468 e. The molecule has 0 aliphatic heterocycles. The number of nitrogens with one attached hydrogen (secondary N) is 1. The lowest BCUT2D eigenvalue weighted by Crippen LogP contribution is -2.16. The van der Waals surface area contributed by atoms with Crippen LogP contribution < -0.4 is 5.32 Å². The molecule has 1 N–H and O–H groups in total. The van der Waals surface area contributed by atoms with E-state index >= 15 is 0 Å². The molecule has 1 aliphatic carbocycles. The van der Waals surface area contributed by atoms with E-state index in [1.165, 1.54) is 18.4 Å². The third-order valence-electron chi connectivity index (χ3n) is 3.58. The van der Waals surface area contributed by atoms with E-state index in [0.29, 0.717) is 6.04 Å². The maximum Gasteiger partial charge on any atom is 0.122 e. The lowest BCUT2D eigenvalue weighted by Gasteiger charge is -2.06. The Bertz CT molecular complexity index is 584. The van der Waals surface area contributed by atoms with Gasteiger partial charge in [0.05, 0.1) is 35.2 Å². The van der Waals surface area contributed by atoms with Crippen molar-refractivity contribution in [2.24, 2.45) is 0 Å². The second-order valence-electron chi connectivity index (χ2n) is 5.17. The molecule has 0 amide bonds. The number of furan rings is 1. The van der Waals surface area contributed by atoms with Gasteiger partial charge in [-0.15, -0.1) is 0 Å². The molecule has 0 unspecified atom stereocenters. The first-order valence-corrected chi connectivity index (χ1v) is 7.42. The molecule has 2 aromatic rings. The number of aryl methyl sites for hydroxylation is 1. The predicted molar refractivity (Wildman–Crippen MR) is 77.1 cm³/mol. The molecule has 19 heavy (non-hydrogen) atoms. The number of hydrogen-bond donors (Lipinski definition) is 1. The fourth-order valence-electron chi connectivity index (χ4n) is 2.18. The van der Waals surface area contributed by atoms with Gasteiger partial charge in [-0.2, -0.15) is 5.10 Å². The molecule has 102 valence electrons. The molecule has 3 rings (SSSR count). The van der Waals surface area contributed by atoms with Crippen LogP contribution in [0.4, 0.5) is 0 Å². The van der Waals surface area contributed by atoms with E-state index in [0.717, 1.165) is 34.7 Å². The fraction of sp³-hybridized carbons (Fsp3) is 0.500. The van der Waals surface area contributed by atoms with Crippen molar-refractivity contribution in [2.45, 2.75) is 45.8 Å². The van der Waals surface area contributed by atoms with Crippen molar-refractivity contribution >= 4 is 15.9 Å². The molecule has 0 atom stereocenters. The highest BCUT2D eigenvalue weighted by Gasteiger charge is 2.21. The largest absolute Gasteiger partial charge is 0.468 e. The number of nitrogens with zero attached hydrogens (tertiary/aromatic N) is 2. The Hall–Kier alpha value is -1.07. The number of halogens is 1. The summed E-state index contributed by atoms with van der Waals surface area (Å²) in [4.78, 5) is 0. The molecule has 1 saturated carbocycles. The summed E-state index contributed by atoms with van der Waals surface area (Å²) in [7, 11) is 0. The van der Waals surface area contributed by atoms with Crippen LogP contribution in [0.25, 0.3) is 0 Å².